The molecule has 2 N–H and O–H groups in total. The van der Waals surface area contributed by atoms with Crippen molar-refractivity contribution in [3.05, 3.63) is 50.9 Å². The molecule has 1 aliphatic heterocycles. The fourth-order valence-electron chi connectivity index (χ4n) is 3.46. The Morgan fingerprint density at radius 2 is 2.17 bits per heavy atom. The lowest BCUT2D eigenvalue weighted by Crippen LogP contribution is -2.36. The highest BCUT2D eigenvalue weighted by Crippen LogP contribution is 2.45. The fraction of sp³-hybridized carbons (Fsp3) is 0.333. The number of carbonyl (C=O) groups excluding carboxylic acids is 1. The number of Topliss-reactive ketones (excluding diaryl/α,β-unsaturated/α-hetero) is 1. The third-order valence-corrected chi connectivity index (χ3v) is 5.30. The maximum atomic E-state index is 12.6. The highest BCUT2D eigenvalue weighted by atomic mass is 79.9. The molecule has 1 aliphatic carbocycles. The van der Waals surface area contributed by atoms with Gasteiger partial charge in [0.1, 0.15) is 11.6 Å². The molecule has 0 aromatic heterocycles. The highest BCUT2D eigenvalue weighted by molar-refractivity contribution is 9.10. The molecule has 0 fully saturated rings. The normalized spacial score (nSPS) is 20.8. The number of methoxy groups -OCH3 is 1. The minimum absolute atomic E-state index is 0.0975. The third kappa shape index (κ3) is 2.49. The number of nitriles is 1. The van der Waals surface area contributed by atoms with Crippen molar-refractivity contribution in [2.75, 3.05) is 14.2 Å². The molecule has 0 unspecified atom stereocenters. The zero-order valence-corrected chi connectivity index (χ0v) is 15.2. The van der Waals surface area contributed by atoms with Crippen molar-refractivity contribution in [3.63, 3.8) is 0 Å². The number of halogens is 1. The number of nitrogens with zero attached hydrogens (tertiary/aromatic N) is 2. The number of carbonyl (C=O) groups is 1. The number of nitrogens with two attached hydrogens (primary N) is 1. The van der Waals surface area contributed by atoms with E-state index in [0.717, 1.165) is 28.6 Å². The van der Waals surface area contributed by atoms with E-state index in [4.69, 9.17) is 10.5 Å². The van der Waals surface area contributed by atoms with Crippen molar-refractivity contribution >= 4 is 21.7 Å². The topological polar surface area (TPSA) is 79.3 Å². The van der Waals surface area contributed by atoms with Gasteiger partial charge in [0.2, 0.25) is 0 Å². The first kappa shape index (κ1) is 16.6. The molecule has 3 rings (SSSR count). The van der Waals surface area contributed by atoms with Gasteiger partial charge >= 0.3 is 0 Å². The number of rotatable bonds is 2. The van der Waals surface area contributed by atoms with Gasteiger partial charge in [0, 0.05) is 24.7 Å². The molecule has 0 radical (unpaired) electrons. The Balaban J connectivity index is 2.21. The number of ketones is 1. The van der Waals surface area contributed by atoms with E-state index >= 15 is 0 Å². The van der Waals surface area contributed by atoms with Gasteiger partial charge in [0.25, 0.3) is 0 Å². The van der Waals surface area contributed by atoms with Gasteiger partial charge in [-0.05, 0) is 46.5 Å². The Morgan fingerprint density at radius 1 is 1.42 bits per heavy atom. The van der Waals surface area contributed by atoms with Gasteiger partial charge in [-0.3, -0.25) is 4.79 Å². The van der Waals surface area contributed by atoms with E-state index in [-0.39, 0.29) is 5.78 Å². The number of hydrogen-bond acceptors (Lipinski definition) is 5. The van der Waals surface area contributed by atoms with Gasteiger partial charge in [0.05, 0.1) is 29.1 Å². The lowest BCUT2D eigenvalue weighted by Gasteiger charge is -2.37. The molecule has 1 aromatic rings. The summed E-state index contributed by atoms with van der Waals surface area (Å²) in [6.07, 6.45) is 2.13. The molecule has 1 atom stereocenters. The zero-order chi connectivity index (χ0) is 17.4. The summed E-state index contributed by atoms with van der Waals surface area (Å²) in [6, 6.07) is 7.82. The van der Waals surface area contributed by atoms with Crippen LogP contribution < -0.4 is 10.5 Å². The van der Waals surface area contributed by atoms with Crippen molar-refractivity contribution in [2.45, 2.75) is 25.2 Å². The predicted octanol–water partition coefficient (Wildman–Crippen LogP) is 3.19. The van der Waals surface area contributed by atoms with Crippen LogP contribution in [-0.2, 0) is 4.79 Å². The lowest BCUT2D eigenvalue weighted by atomic mass is 9.76. The second-order valence-electron chi connectivity index (χ2n) is 5.93. The standard InChI is InChI=1S/C18H18BrN3O2/c1-22-13-4-3-5-14(23)17(13)16(11(9-20)18(22)21)10-6-7-15(24-2)12(19)8-10/h6-8,16H,3-5,21H2,1-2H3/t16-/m1/s1. The van der Waals surface area contributed by atoms with Crippen LogP contribution in [0.1, 0.15) is 30.7 Å². The van der Waals surface area contributed by atoms with Gasteiger partial charge in [0.15, 0.2) is 5.78 Å². The average molecular weight is 388 g/mol. The summed E-state index contributed by atoms with van der Waals surface area (Å²) in [5.74, 6) is 0.797. The number of hydrogen-bond donors (Lipinski definition) is 1. The second kappa shape index (κ2) is 6.33. The van der Waals surface area contributed by atoms with Gasteiger partial charge in [-0.2, -0.15) is 5.26 Å². The summed E-state index contributed by atoms with van der Waals surface area (Å²) < 4.78 is 6.05. The van der Waals surface area contributed by atoms with E-state index in [0.29, 0.717) is 29.1 Å². The Labute approximate surface area is 149 Å². The summed E-state index contributed by atoms with van der Waals surface area (Å²) in [5.41, 5.74) is 9.12. The maximum Gasteiger partial charge on any atom is 0.161 e. The second-order valence-corrected chi connectivity index (χ2v) is 6.79. The molecule has 1 aromatic carbocycles. The third-order valence-electron chi connectivity index (χ3n) is 4.68. The summed E-state index contributed by atoms with van der Waals surface area (Å²) >= 11 is 3.48. The van der Waals surface area contributed by atoms with E-state index < -0.39 is 5.92 Å². The minimum Gasteiger partial charge on any atom is -0.496 e. The average Bonchev–Trinajstić information content (AvgIpc) is 2.58. The number of ether oxygens (including phenoxy) is 1. The summed E-state index contributed by atoms with van der Waals surface area (Å²) in [5, 5.41) is 9.67. The van der Waals surface area contributed by atoms with E-state index in [1.807, 2.05) is 25.2 Å². The Hall–Kier alpha value is -2.26. The molecule has 0 saturated heterocycles. The van der Waals surface area contributed by atoms with Crippen LogP contribution in [-0.4, -0.2) is 24.8 Å². The first-order valence-electron chi connectivity index (χ1n) is 7.72. The van der Waals surface area contributed by atoms with Gasteiger partial charge in [-0.25, -0.2) is 0 Å². The Bertz CT molecular complexity index is 820. The molecule has 0 spiro atoms. The SMILES string of the molecule is COc1ccc([C@@H]2C(C#N)=C(N)N(C)C3=C2C(=O)CCC3)cc1Br. The van der Waals surface area contributed by atoms with Crippen LogP contribution >= 0.6 is 15.9 Å². The summed E-state index contributed by atoms with van der Waals surface area (Å²) in [4.78, 5) is 14.4. The molecular weight excluding hydrogens is 370 g/mol. The largest absolute Gasteiger partial charge is 0.496 e. The van der Waals surface area contributed by atoms with Crippen molar-refractivity contribution in [1.29, 1.82) is 5.26 Å². The van der Waals surface area contributed by atoms with Crippen molar-refractivity contribution in [2.24, 2.45) is 5.73 Å². The van der Waals surface area contributed by atoms with Gasteiger partial charge < -0.3 is 15.4 Å². The molecule has 24 heavy (non-hydrogen) atoms. The van der Waals surface area contributed by atoms with Gasteiger partial charge in [-0.1, -0.05) is 6.07 Å². The zero-order valence-electron chi connectivity index (χ0n) is 13.6. The maximum absolute atomic E-state index is 12.6. The molecule has 1 heterocycles. The van der Waals surface area contributed by atoms with E-state index in [1.165, 1.54) is 0 Å². The van der Waals surface area contributed by atoms with Crippen LogP contribution in [0.2, 0.25) is 0 Å². The van der Waals surface area contributed by atoms with Crippen LogP contribution in [0.5, 0.6) is 5.75 Å². The van der Waals surface area contributed by atoms with Crippen molar-refractivity contribution in [3.8, 4) is 11.8 Å². The van der Waals surface area contributed by atoms with E-state index in [1.54, 1.807) is 12.0 Å². The quantitative estimate of drug-likeness (QED) is 0.842. The van der Waals surface area contributed by atoms with Crippen LogP contribution in [0.3, 0.4) is 0 Å². The van der Waals surface area contributed by atoms with Gasteiger partial charge in [-0.15, -0.1) is 0 Å². The molecule has 0 saturated carbocycles. The molecule has 2 aliphatic rings. The molecular formula is C18H18BrN3O2. The highest BCUT2D eigenvalue weighted by Gasteiger charge is 2.38. The molecule has 124 valence electrons. The van der Waals surface area contributed by atoms with Crippen LogP contribution in [0.4, 0.5) is 0 Å². The predicted molar refractivity (Wildman–Crippen MR) is 93.9 cm³/mol. The molecule has 0 amide bonds. The lowest BCUT2D eigenvalue weighted by molar-refractivity contribution is -0.116. The smallest absolute Gasteiger partial charge is 0.161 e. The van der Waals surface area contributed by atoms with E-state index in [2.05, 4.69) is 22.0 Å². The first-order valence-corrected chi connectivity index (χ1v) is 8.52. The van der Waals surface area contributed by atoms with Crippen LogP contribution in [0, 0.1) is 11.3 Å². The van der Waals surface area contributed by atoms with Crippen LogP contribution in [0.25, 0.3) is 0 Å². The number of benzene rings is 1. The Kier molecular flexibility index (Phi) is 4.37. The molecule has 5 nitrogen and oxygen atoms in total. The molecule has 6 heteroatoms. The van der Waals surface area contributed by atoms with Crippen molar-refractivity contribution < 1.29 is 9.53 Å². The fourth-order valence-corrected chi connectivity index (χ4v) is 4.02. The summed E-state index contributed by atoms with van der Waals surface area (Å²) in [6.45, 7) is 0. The minimum atomic E-state index is -0.420. The number of allylic oxidation sites excluding steroid dienone is 3. The monoisotopic (exact) mass is 387 g/mol. The Morgan fingerprint density at radius 3 is 2.79 bits per heavy atom. The van der Waals surface area contributed by atoms with Crippen LogP contribution in [0.15, 0.2) is 45.3 Å². The molecule has 0 bridgehead atoms. The van der Waals surface area contributed by atoms with Crippen molar-refractivity contribution in [1.82, 2.24) is 4.90 Å². The first-order chi connectivity index (χ1) is 11.5. The summed E-state index contributed by atoms with van der Waals surface area (Å²) in [7, 11) is 3.42. The van der Waals surface area contributed by atoms with E-state index in [9.17, 15) is 10.1 Å².